The molecule has 5 rings (SSSR count). The van der Waals surface area contributed by atoms with Gasteiger partial charge in [-0.25, -0.2) is 0 Å². The van der Waals surface area contributed by atoms with Crippen LogP contribution in [0.4, 0.5) is 5.69 Å². The SMILES string of the molecule is C[C@H]1Cc2c([nH]c3ccc(O)cc23)[C@@]2(N1)C(=O)Nc1ccc(Cl)cc12. The number of rotatable bonds is 0. The molecular formula is C19H16ClN3O2. The normalized spacial score (nSPS) is 24.4. The van der Waals surface area contributed by atoms with Gasteiger partial charge in [0.2, 0.25) is 0 Å². The molecule has 126 valence electrons. The number of aromatic nitrogens is 1. The second-order valence-corrected chi connectivity index (χ2v) is 7.29. The van der Waals surface area contributed by atoms with Crippen molar-refractivity contribution in [2.75, 3.05) is 5.32 Å². The lowest BCUT2D eigenvalue weighted by Gasteiger charge is -2.37. The van der Waals surface area contributed by atoms with Gasteiger partial charge in [0.05, 0.1) is 5.69 Å². The molecule has 3 heterocycles. The Kier molecular flexibility index (Phi) is 2.83. The van der Waals surface area contributed by atoms with Crippen LogP contribution >= 0.6 is 11.6 Å². The smallest absolute Gasteiger partial charge is 0.255 e. The van der Waals surface area contributed by atoms with Gasteiger partial charge in [-0.1, -0.05) is 11.6 Å². The Morgan fingerprint density at radius 2 is 2.08 bits per heavy atom. The molecule has 1 aromatic heterocycles. The molecule has 0 fully saturated rings. The lowest BCUT2D eigenvalue weighted by molar-refractivity contribution is -0.121. The number of fused-ring (bicyclic) bond motifs is 6. The molecule has 0 unspecified atom stereocenters. The van der Waals surface area contributed by atoms with E-state index in [9.17, 15) is 9.90 Å². The van der Waals surface area contributed by atoms with Crippen molar-refractivity contribution in [2.45, 2.75) is 24.9 Å². The number of phenols is 1. The maximum absolute atomic E-state index is 13.1. The summed E-state index contributed by atoms with van der Waals surface area (Å²) in [6, 6.07) is 10.8. The molecule has 2 aliphatic heterocycles. The van der Waals surface area contributed by atoms with Crippen molar-refractivity contribution < 1.29 is 9.90 Å². The molecule has 2 aliphatic rings. The lowest BCUT2D eigenvalue weighted by atomic mass is 9.80. The third-order valence-electron chi connectivity index (χ3n) is 5.21. The number of phenolic OH excluding ortho intramolecular Hbond substituents is 1. The van der Waals surface area contributed by atoms with Crippen LogP contribution in [0.15, 0.2) is 36.4 Å². The first-order valence-corrected chi connectivity index (χ1v) is 8.60. The fraction of sp³-hybridized carbons (Fsp3) is 0.211. The van der Waals surface area contributed by atoms with Gasteiger partial charge in [0.1, 0.15) is 5.75 Å². The van der Waals surface area contributed by atoms with Crippen LogP contribution in [0.5, 0.6) is 5.75 Å². The third kappa shape index (κ3) is 1.85. The van der Waals surface area contributed by atoms with Crippen molar-refractivity contribution in [1.29, 1.82) is 0 Å². The van der Waals surface area contributed by atoms with Gasteiger partial charge in [-0.3, -0.25) is 10.1 Å². The van der Waals surface area contributed by atoms with Crippen molar-refractivity contribution >= 4 is 34.1 Å². The van der Waals surface area contributed by atoms with Crippen molar-refractivity contribution in [1.82, 2.24) is 10.3 Å². The molecule has 0 aliphatic carbocycles. The number of carbonyl (C=O) groups is 1. The quantitative estimate of drug-likeness (QED) is 0.501. The number of halogens is 1. The fourth-order valence-electron chi connectivity index (χ4n) is 4.23. The van der Waals surface area contributed by atoms with Crippen LogP contribution in [0.25, 0.3) is 10.9 Å². The van der Waals surface area contributed by atoms with E-state index in [0.717, 1.165) is 39.8 Å². The maximum atomic E-state index is 13.1. The highest BCUT2D eigenvalue weighted by Gasteiger charge is 2.53. The summed E-state index contributed by atoms with van der Waals surface area (Å²) in [6.45, 7) is 2.06. The molecule has 3 aromatic rings. The zero-order chi connectivity index (χ0) is 17.3. The van der Waals surface area contributed by atoms with Crippen molar-refractivity contribution in [2.24, 2.45) is 0 Å². The van der Waals surface area contributed by atoms with Gasteiger partial charge in [0, 0.05) is 33.2 Å². The Labute approximate surface area is 149 Å². The molecule has 4 N–H and O–H groups in total. The molecule has 25 heavy (non-hydrogen) atoms. The number of hydrogen-bond donors (Lipinski definition) is 4. The molecule has 0 saturated carbocycles. The summed E-state index contributed by atoms with van der Waals surface area (Å²) in [6.07, 6.45) is 0.768. The number of aromatic amines is 1. The first-order valence-electron chi connectivity index (χ1n) is 8.22. The van der Waals surface area contributed by atoms with Gasteiger partial charge in [-0.15, -0.1) is 0 Å². The van der Waals surface area contributed by atoms with E-state index in [1.165, 1.54) is 0 Å². The number of nitrogens with one attached hydrogen (secondary N) is 3. The number of aromatic hydroxyl groups is 1. The average molecular weight is 354 g/mol. The van der Waals surface area contributed by atoms with E-state index < -0.39 is 5.54 Å². The zero-order valence-corrected chi connectivity index (χ0v) is 14.2. The van der Waals surface area contributed by atoms with Gasteiger partial charge in [-0.2, -0.15) is 0 Å². The van der Waals surface area contributed by atoms with Gasteiger partial charge in [0.15, 0.2) is 5.54 Å². The van der Waals surface area contributed by atoms with Crippen LogP contribution in [-0.4, -0.2) is 22.0 Å². The van der Waals surface area contributed by atoms with Gasteiger partial charge < -0.3 is 15.4 Å². The molecule has 5 nitrogen and oxygen atoms in total. The Hall–Kier alpha value is -2.50. The van der Waals surface area contributed by atoms with E-state index in [2.05, 4.69) is 22.5 Å². The predicted octanol–water partition coefficient (Wildman–Crippen LogP) is 3.26. The largest absolute Gasteiger partial charge is 0.508 e. The highest BCUT2D eigenvalue weighted by atomic mass is 35.5. The minimum Gasteiger partial charge on any atom is -0.508 e. The summed E-state index contributed by atoms with van der Waals surface area (Å²) in [5.74, 6) is 0.0993. The zero-order valence-electron chi connectivity index (χ0n) is 13.5. The Balaban J connectivity index is 1.87. The molecule has 6 heteroatoms. The first-order chi connectivity index (χ1) is 12.0. The minimum absolute atomic E-state index is 0.0875. The number of H-pyrrole nitrogens is 1. The summed E-state index contributed by atoms with van der Waals surface area (Å²) in [5.41, 5.74) is 3.38. The van der Waals surface area contributed by atoms with E-state index in [4.69, 9.17) is 11.6 Å². The predicted molar refractivity (Wildman–Crippen MR) is 97.1 cm³/mol. The highest BCUT2D eigenvalue weighted by Crippen LogP contribution is 2.47. The summed E-state index contributed by atoms with van der Waals surface area (Å²) in [5, 5.41) is 17.9. The van der Waals surface area contributed by atoms with Gasteiger partial charge >= 0.3 is 0 Å². The molecule has 1 amide bonds. The van der Waals surface area contributed by atoms with E-state index in [0.29, 0.717) is 5.02 Å². The Bertz CT molecular complexity index is 1060. The molecule has 2 aromatic carbocycles. The monoisotopic (exact) mass is 353 g/mol. The summed E-state index contributed by atoms with van der Waals surface area (Å²) in [4.78, 5) is 16.5. The van der Waals surface area contributed by atoms with Crippen LogP contribution in [0.2, 0.25) is 5.02 Å². The number of benzene rings is 2. The van der Waals surface area contributed by atoms with E-state index in [-0.39, 0.29) is 17.7 Å². The highest BCUT2D eigenvalue weighted by molar-refractivity contribution is 6.31. The molecule has 2 atom stereocenters. The molecule has 0 bridgehead atoms. The number of hydrogen-bond acceptors (Lipinski definition) is 3. The van der Waals surface area contributed by atoms with E-state index in [1.807, 2.05) is 18.2 Å². The van der Waals surface area contributed by atoms with Gasteiger partial charge in [-0.05, 0) is 55.3 Å². The maximum Gasteiger partial charge on any atom is 0.255 e. The summed E-state index contributed by atoms with van der Waals surface area (Å²) in [7, 11) is 0. The van der Waals surface area contributed by atoms with Crippen LogP contribution in [-0.2, 0) is 16.8 Å². The van der Waals surface area contributed by atoms with Crippen LogP contribution in [0, 0.1) is 0 Å². The fourth-order valence-corrected chi connectivity index (χ4v) is 4.40. The minimum atomic E-state index is -0.998. The number of carbonyl (C=O) groups excluding carboxylic acids is 1. The van der Waals surface area contributed by atoms with Gasteiger partial charge in [0.25, 0.3) is 5.91 Å². The second kappa shape index (κ2) is 4.77. The second-order valence-electron chi connectivity index (χ2n) is 6.85. The van der Waals surface area contributed by atoms with Crippen molar-refractivity contribution in [3.8, 4) is 5.75 Å². The van der Waals surface area contributed by atoms with Crippen molar-refractivity contribution in [3.63, 3.8) is 0 Å². The Morgan fingerprint density at radius 3 is 2.92 bits per heavy atom. The standard InChI is InChI=1S/C19H16ClN3O2/c1-9-6-13-12-8-11(24)3-5-15(12)21-17(13)19(23-9)14-7-10(20)2-4-16(14)22-18(19)25/h2-5,7-9,21,23-24H,6H2,1H3,(H,22,25)/t9-,19+/m0/s1. The van der Waals surface area contributed by atoms with Crippen molar-refractivity contribution in [3.05, 3.63) is 58.2 Å². The van der Waals surface area contributed by atoms with E-state index >= 15 is 0 Å². The lowest BCUT2D eigenvalue weighted by Crippen LogP contribution is -2.56. The van der Waals surface area contributed by atoms with Crippen LogP contribution in [0.3, 0.4) is 0 Å². The van der Waals surface area contributed by atoms with E-state index in [1.54, 1.807) is 18.2 Å². The summed E-state index contributed by atoms with van der Waals surface area (Å²) >= 11 is 6.23. The molecule has 0 saturated heterocycles. The number of anilines is 1. The topological polar surface area (TPSA) is 77.2 Å². The summed E-state index contributed by atoms with van der Waals surface area (Å²) < 4.78 is 0. The van der Waals surface area contributed by atoms with Crippen LogP contribution < -0.4 is 10.6 Å². The Morgan fingerprint density at radius 1 is 1.24 bits per heavy atom. The average Bonchev–Trinajstić information content (AvgIpc) is 3.05. The van der Waals surface area contributed by atoms with Crippen LogP contribution in [0.1, 0.15) is 23.7 Å². The molecule has 1 spiro atoms. The third-order valence-corrected chi connectivity index (χ3v) is 5.45. The molecular weight excluding hydrogens is 338 g/mol. The number of amides is 1. The molecule has 0 radical (unpaired) electrons. The first kappa shape index (κ1) is 14.8.